The van der Waals surface area contributed by atoms with Crippen LogP contribution in [0.15, 0.2) is 53.6 Å². The minimum absolute atomic E-state index is 0.129. The van der Waals surface area contributed by atoms with Gasteiger partial charge in [0.05, 0.1) is 24.2 Å². The molecule has 0 saturated carbocycles. The highest BCUT2D eigenvalue weighted by Gasteiger charge is 2.34. The van der Waals surface area contributed by atoms with E-state index >= 15 is 0 Å². The molecule has 4 heterocycles. The number of ether oxygens (including phenoxy) is 1. The van der Waals surface area contributed by atoms with E-state index in [4.69, 9.17) is 4.74 Å². The van der Waals surface area contributed by atoms with Crippen LogP contribution in [0.1, 0.15) is 35.1 Å². The number of pyridine rings is 1. The van der Waals surface area contributed by atoms with Crippen LogP contribution >= 0.6 is 0 Å². The van der Waals surface area contributed by atoms with Crippen LogP contribution in [0, 0.1) is 0 Å². The van der Waals surface area contributed by atoms with E-state index in [1.54, 1.807) is 17.0 Å². The Bertz CT molecular complexity index is 1220. The molecule has 3 aromatic rings. The number of nitrogens with zero attached hydrogens (tertiary/aromatic N) is 5. The number of aromatic nitrogens is 3. The molecule has 162 valence electrons. The van der Waals surface area contributed by atoms with Crippen molar-refractivity contribution in [1.29, 1.82) is 0 Å². The smallest absolute Gasteiger partial charge is 0.254 e. The molecule has 5 rings (SSSR count). The lowest BCUT2D eigenvalue weighted by atomic mass is 10.1. The first-order valence-corrected chi connectivity index (χ1v) is 11.8. The minimum Gasteiger partial charge on any atom is -0.379 e. The average molecular weight is 442 g/mol. The molecule has 31 heavy (non-hydrogen) atoms. The molecule has 2 fully saturated rings. The summed E-state index contributed by atoms with van der Waals surface area (Å²) in [6.45, 7) is 1.97. The standard InChI is InChI=1S/C21H23N5O4S/c27-21(16-5-3-6-17(15-16)31(28,29)24-11-13-30-14-12-24)25-10-4-7-18(25)20-23-22-19-8-1-2-9-26(19)20/h1-3,5-6,8-9,15,18H,4,7,10-14H2. The van der Waals surface area contributed by atoms with Gasteiger partial charge in [0.25, 0.3) is 5.91 Å². The van der Waals surface area contributed by atoms with Gasteiger partial charge in [0.2, 0.25) is 10.0 Å². The molecule has 1 atom stereocenters. The largest absolute Gasteiger partial charge is 0.379 e. The van der Waals surface area contributed by atoms with Crippen molar-refractivity contribution in [2.24, 2.45) is 0 Å². The second-order valence-electron chi connectivity index (χ2n) is 7.69. The zero-order valence-electron chi connectivity index (χ0n) is 16.9. The molecule has 2 saturated heterocycles. The Morgan fingerprint density at radius 2 is 1.87 bits per heavy atom. The third-order valence-corrected chi connectivity index (χ3v) is 7.74. The number of hydrogen-bond donors (Lipinski definition) is 0. The summed E-state index contributed by atoms with van der Waals surface area (Å²) >= 11 is 0. The summed E-state index contributed by atoms with van der Waals surface area (Å²) in [5.41, 5.74) is 1.09. The van der Waals surface area contributed by atoms with E-state index in [0.29, 0.717) is 38.4 Å². The maximum Gasteiger partial charge on any atom is 0.254 e. The number of amides is 1. The quantitative estimate of drug-likeness (QED) is 0.612. The maximum absolute atomic E-state index is 13.4. The van der Waals surface area contributed by atoms with Gasteiger partial charge >= 0.3 is 0 Å². The van der Waals surface area contributed by atoms with Crippen LogP contribution in [-0.4, -0.2) is 71.0 Å². The highest BCUT2D eigenvalue weighted by molar-refractivity contribution is 7.89. The lowest BCUT2D eigenvalue weighted by molar-refractivity contribution is 0.0725. The van der Waals surface area contributed by atoms with Gasteiger partial charge in [0.15, 0.2) is 11.5 Å². The van der Waals surface area contributed by atoms with Crippen LogP contribution in [0.2, 0.25) is 0 Å². The molecule has 2 aliphatic rings. The fourth-order valence-corrected chi connectivity index (χ4v) is 5.71. The van der Waals surface area contributed by atoms with Crippen LogP contribution in [0.4, 0.5) is 0 Å². The van der Waals surface area contributed by atoms with Crippen LogP contribution in [0.5, 0.6) is 0 Å². The Morgan fingerprint density at radius 3 is 2.71 bits per heavy atom. The molecule has 2 aromatic heterocycles. The van der Waals surface area contributed by atoms with E-state index in [0.717, 1.165) is 24.3 Å². The number of morpholine rings is 1. The number of hydrogen-bond acceptors (Lipinski definition) is 6. The fourth-order valence-electron chi connectivity index (χ4n) is 4.26. The van der Waals surface area contributed by atoms with Crippen molar-refractivity contribution < 1.29 is 17.9 Å². The second kappa shape index (κ2) is 8.03. The Morgan fingerprint density at radius 1 is 1.03 bits per heavy atom. The van der Waals surface area contributed by atoms with E-state index in [-0.39, 0.29) is 16.8 Å². The number of sulfonamides is 1. The third-order valence-electron chi connectivity index (χ3n) is 5.84. The molecule has 2 aliphatic heterocycles. The van der Waals surface area contributed by atoms with Gasteiger partial charge in [0, 0.05) is 31.4 Å². The number of rotatable bonds is 4. The Balaban J connectivity index is 1.44. The lowest BCUT2D eigenvalue weighted by Gasteiger charge is -2.26. The molecule has 0 bridgehead atoms. The normalized spacial score (nSPS) is 20.4. The van der Waals surface area contributed by atoms with Gasteiger partial charge in [-0.3, -0.25) is 9.20 Å². The Labute approximate surface area is 180 Å². The minimum atomic E-state index is -3.67. The number of carbonyl (C=O) groups excluding carboxylic acids is 1. The first kappa shape index (κ1) is 20.1. The van der Waals surface area contributed by atoms with Crippen molar-refractivity contribution in [1.82, 2.24) is 23.8 Å². The van der Waals surface area contributed by atoms with Crippen molar-refractivity contribution in [3.05, 3.63) is 60.0 Å². The molecule has 0 N–H and O–H groups in total. The molecule has 10 heteroatoms. The van der Waals surface area contributed by atoms with E-state index in [1.165, 1.54) is 16.4 Å². The molecule has 0 spiro atoms. The first-order valence-electron chi connectivity index (χ1n) is 10.3. The number of likely N-dealkylation sites (tertiary alicyclic amines) is 1. The number of fused-ring (bicyclic) bond motifs is 1. The third kappa shape index (κ3) is 3.60. The highest BCUT2D eigenvalue weighted by atomic mass is 32.2. The monoisotopic (exact) mass is 441 g/mol. The van der Waals surface area contributed by atoms with E-state index < -0.39 is 10.0 Å². The van der Waals surface area contributed by atoms with Gasteiger partial charge in [-0.1, -0.05) is 12.1 Å². The molecule has 0 aliphatic carbocycles. The topological polar surface area (TPSA) is 97.1 Å². The van der Waals surface area contributed by atoms with Gasteiger partial charge in [-0.05, 0) is 43.2 Å². The zero-order chi connectivity index (χ0) is 21.4. The molecule has 9 nitrogen and oxygen atoms in total. The highest BCUT2D eigenvalue weighted by Crippen LogP contribution is 2.32. The molecule has 1 amide bonds. The van der Waals surface area contributed by atoms with Crippen molar-refractivity contribution >= 4 is 21.6 Å². The molecular weight excluding hydrogens is 418 g/mol. The van der Waals surface area contributed by atoms with E-state index in [1.807, 2.05) is 28.8 Å². The molecular formula is C21H23N5O4S. The van der Waals surface area contributed by atoms with Crippen molar-refractivity contribution in [3.8, 4) is 0 Å². The Kier molecular flexibility index (Phi) is 5.20. The maximum atomic E-state index is 13.4. The predicted molar refractivity (Wildman–Crippen MR) is 112 cm³/mol. The lowest BCUT2D eigenvalue weighted by Crippen LogP contribution is -2.40. The average Bonchev–Trinajstić information content (AvgIpc) is 3.46. The van der Waals surface area contributed by atoms with Gasteiger partial charge in [-0.2, -0.15) is 4.31 Å². The van der Waals surface area contributed by atoms with Crippen molar-refractivity contribution in [2.45, 2.75) is 23.8 Å². The van der Waals surface area contributed by atoms with Crippen molar-refractivity contribution in [3.63, 3.8) is 0 Å². The zero-order valence-corrected chi connectivity index (χ0v) is 17.7. The molecule has 0 radical (unpaired) electrons. The summed E-state index contributed by atoms with van der Waals surface area (Å²) in [6, 6.07) is 11.8. The van der Waals surface area contributed by atoms with Gasteiger partial charge < -0.3 is 9.64 Å². The summed E-state index contributed by atoms with van der Waals surface area (Å²) in [4.78, 5) is 15.3. The van der Waals surface area contributed by atoms with Gasteiger partial charge in [-0.15, -0.1) is 10.2 Å². The van der Waals surface area contributed by atoms with Crippen LogP contribution in [0.3, 0.4) is 0 Å². The number of carbonyl (C=O) groups is 1. The summed E-state index contributed by atoms with van der Waals surface area (Å²) < 4.78 is 34.6. The summed E-state index contributed by atoms with van der Waals surface area (Å²) in [5, 5.41) is 8.53. The van der Waals surface area contributed by atoms with Crippen LogP contribution < -0.4 is 0 Å². The predicted octanol–water partition coefficient (Wildman–Crippen LogP) is 1.73. The number of benzene rings is 1. The van der Waals surface area contributed by atoms with Gasteiger partial charge in [0.1, 0.15) is 0 Å². The molecule has 1 aromatic carbocycles. The Hall–Kier alpha value is -2.82. The van der Waals surface area contributed by atoms with Gasteiger partial charge in [-0.25, -0.2) is 8.42 Å². The second-order valence-corrected chi connectivity index (χ2v) is 9.63. The van der Waals surface area contributed by atoms with Crippen LogP contribution in [-0.2, 0) is 14.8 Å². The summed E-state index contributed by atoms with van der Waals surface area (Å²) in [7, 11) is -3.67. The van der Waals surface area contributed by atoms with E-state index in [2.05, 4.69) is 10.2 Å². The fraction of sp³-hybridized carbons (Fsp3) is 0.381. The SMILES string of the molecule is O=C(c1cccc(S(=O)(=O)N2CCOCC2)c1)N1CCCC1c1nnc2ccccn12. The summed E-state index contributed by atoms with van der Waals surface area (Å²) in [5.74, 6) is 0.521. The molecule has 1 unspecified atom stereocenters. The first-order chi connectivity index (χ1) is 15.1. The van der Waals surface area contributed by atoms with Crippen molar-refractivity contribution in [2.75, 3.05) is 32.8 Å². The van der Waals surface area contributed by atoms with E-state index in [9.17, 15) is 13.2 Å². The summed E-state index contributed by atoms with van der Waals surface area (Å²) in [6.07, 6.45) is 3.53. The van der Waals surface area contributed by atoms with Crippen LogP contribution in [0.25, 0.3) is 5.65 Å².